The second-order valence-electron chi connectivity index (χ2n) is 22.0. The van der Waals surface area contributed by atoms with Crippen LogP contribution in [0.2, 0.25) is 0 Å². The Morgan fingerprint density at radius 2 is 0.832 bits per heavy atom. The van der Waals surface area contributed by atoms with Gasteiger partial charge in [-0.1, -0.05) is 29.3 Å². The smallest absolute Gasteiger partial charge is 0.606 e. The maximum atomic E-state index is 13.6. The summed E-state index contributed by atoms with van der Waals surface area (Å²) in [6.45, 7) is -3.59. The summed E-state index contributed by atoms with van der Waals surface area (Å²) in [5.74, 6) is -9.02. The van der Waals surface area contributed by atoms with Crippen molar-refractivity contribution in [3.63, 3.8) is 0 Å². The van der Waals surface area contributed by atoms with Crippen LogP contribution in [0.1, 0.15) is 60.8 Å². The molecule has 0 aromatic heterocycles. The third-order valence-corrected chi connectivity index (χ3v) is 15.3. The van der Waals surface area contributed by atoms with Gasteiger partial charge >= 0.3 is 113 Å². The zero-order chi connectivity index (χ0) is 73.4. The van der Waals surface area contributed by atoms with Crippen molar-refractivity contribution in [2.75, 3.05) is 42.2 Å². The Morgan fingerprint density at radius 3 is 1.19 bits per heavy atom. The van der Waals surface area contributed by atoms with Gasteiger partial charge in [-0.15, -0.1) is 0 Å². The standard InChI is InChI=1S/C46H44O27.C14H20BO12.K/c1-59-41(52)67-29-13-7-26(21-32(29)70-44(55)62-4)10-16-37(48)66-35-24-46(57,40(50)51)23-34(65-36(47)15-9-25-6-12-28(18-19-64-73-58)31(20-25)69-43(54)61-3)39(35)72-38(49)17-11-27-8-14-30(68-42(53)60-2)33(22-27)71-45(56)63-5;16-5-1-13(2-6(17)9(5)20)11(22)24-15(26-13)25-12(23)14(27-15)3-7(18)10(21)8(19)4-14;/h6-17,20-22,34-35,39,57-58H,18-19,23-24H2,1-5H3,(H,50,51);5-10,16-21H,1-4H2;/q;-1;+1/b15-9+,16-10+,17-11+;;/t34-,35-,39-,46+;5-,6-,7-,8-,9?,10?,13?,14?,15?;/m11./s1. The Balaban J connectivity index is 0.000000472. The van der Waals surface area contributed by atoms with Crippen LogP contribution in [0, 0.1) is 0 Å². The van der Waals surface area contributed by atoms with E-state index in [1.165, 1.54) is 48.5 Å². The number of ether oxygens (including phenoxy) is 13. The molecule has 5 fully saturated rings. The van der Waals surface area contributed by atoms with Crippen molar-refractivity contribution in [3.8, 4) is 28.7 Å². The van der Waals surface area contributed by atoms with Crippen LogP contribution in [0.25, 0.3) is 18.2 Å². The Morgan fingerprint density at radius 1 is 0.495 bits per heavy atom. The molecule has 3 aromatic rings. The van der Waals surface area contributed by atoms with Crippen LogP contribution >= 0.6 is 0 Å². The van der Waals surface area contributed by atoms with Gasteiger partial charge < -0.3 is 121 Å². The molecule has 3 aromatic carbocycles. The number of hydrogen-bond acceptors (Lipinski definition) is 38. The Labute approximate surface area is 610 Å². The summed E-state index contributed by atoms with van der Waals surface area (Å²) < 4.78 is 85.4. The van der Waals surface area contributed by atoms with Crippen molar-refractivity contribution in [3.05, 3.63) is 95.1 Å². The second-order valence-corrected chi connectivity index (χ2v) is 22.0. The first-order valence-corrected chi connectivity index (χ1v) is 29.2. The van der Waals surface area contributed by atoms with E-state index in [-0.39, 0.29) is 110 Å². The molecule has 0 radical (unpaired) electrons. The predicted molar refractivity (Wildman–Crippen MR) is 317 cm³/mol. The van der Waals surface area contributed by atoms with E-state index in [9.17, 15) is 93.6 Å². The van der Waals surface area contributed by atoms with E-state index in [2.05, 4.69) is 33.6 Å². The Kier molecular flexibility index (Phi) is 28.7. The molecule has 5 aliphatic rings. The van der Waals surface area contributed by atoms with Crippen molar-refractivity contribution in [2.45, 2.75) is 117 Å². The van der Waals surface area contributed by atoms with Gasteiger partial charge in [-0.3, -0.25) is 9.59 Å². The molecule has 2 heterocycles. The van der Waals surface area contributed by atoms with Gasteiger partial charge in [0.1, 0.15) is 41.4 Å². The SMILES string of the molecule is COC(=O)Oc1cc(/C=C/C(=O)O[C@@H]2C[C@@](O)(C(=O)O)C[C@@H](OC(=O)/C=C/c3ccc(OC(=O)OC)c(OC(=O)OC)c3)[C@@H]2OC(=O)/C=C/c2ccc(OC(=O)OC)c(OC(=O)OC)c2)ccc1CCOOO.O=C1O[B-]2(OC(=O)C3(C[C@@H](O)C(O)[C@H](O)C3)O2)OC12C[C@@H](O)C(O)[C@H](O)C2.[K+]. The summed E-state index contributed by atoms with van der Waals surface area (Å²) in [6.07, 6.45) is -18.1. The number of carbonyl (C=O) groups is 11. The third-order valence-electron chi connectivity index (χ3n) is 15.3. The van der Waals surface area contributed by atoms with E-state index >= 15 is 0 Å². The van der Waals surface area contributed by atoms with E-state index < -0.39 is 184 Å². The number of aliphatic hydroxyl groups excluding tert-OH is 6. The Bertz CT molecular complexity index is 3590. The van der Waals surface area contributed by atoms with Crippen molar-refractivity contribution >= 4 is 91.8 Å². The number of hydrogen-bond donors (Lipinski definition) is 9. The second kappa shape index (κ2) is 35.7. The summed E-state index contributed by atoms with van der Waals surface area (Å²) in [5, 5.41) is 92.4. The van der Waals surface area contributed by atoms with E-state index in [1.54, 1.807) is 0 Å². The fourth-order valence-electron chi connectivity index (χ4n) is 10.5. The molecule has 8 rings (SSSR count). The van der Waals surface area contributed by atoms with Crippen molar-refractivity contribution in [2.24, 2.45) is 0 Å². The van der Waals surface area contributed by atoms with E-state index in [1.807, 2.05) is 0 Å². The molecule has 41 heteroatoms. The first-order valence-electron chi connectivity index (χ1n) is 29.2. The molecular weight excluding hydrogens is 1390 g/mol. The number of carbonyl (C=O) groups excluding carboxylic acids is 10. The van der Waals surface area contributed by atoms with Crippen LogP contribution in [-0.4, -0.2) is 234 Å². The van der Waals surface area contributed by atoms with Crippen LogP contribution in [-0.2, 0) is 102 Å². The predicted octanol–water partition coefficient (Wildman–Crippen LogP) is -2.04. The summed E-state index contributed by atoms with van der Waals surface area (Å²) in [7, 11) is 5.11. The van der Waals surface area contributed by atoms with Crippen LogP contribution in [0.15, 0.2) is 72.8 Å². The number of esters is 3. The molecular formula is C60H64BKO39. The monoisotopic (exact) mass is 1460 g/mol. The molecule has 3 aliphatic carbocycles. The fraction of sp³-hybridized carbons (Fsp3) is 0.417. The molecule has 2 saturated heterocycles. The van der Waals surface area contributed by atoms with Gasteiger partial charge in [0.2, 0.25) is 0 Å². The molecule has 2 aliphatic heterocycles. The molecule has 542 valence electrons. The van der Waals surface area contributed by atoms with Gasteiger partial charge in [0.25, 0.3) is 11.9 Å². The minimum atomic E-state index is -3.41. The quantitative estimate of drug-likeness (QED) is 0.00913. The molecule has 101 heavy (non-hydrogen) atoms. The molecule has 0 amide bonds. The van der Waals surface area contributed by atoms with Gasteiger partial charge in [0.05, 0.1) is 66.6 Å². The van der Waals surface area contributed by atoms with Gasteiger partial charge in [0.15, 0.2) is 34.7 Å². The average molecular weight is 1460 g/mol. The number of carboxylic acids is 1. The summed E-state index contributed by atoms with van der Waals surface area (Å²) in [5.41, 5.74) is -5.77. The summed E-state index contributed by atoms with van der Waals surface area (Å²) >= 11 is 0. The largest absolute Gasteiger partial charge is 1.00 e. The Hall–Kier alpha value is -8.73. The van der Waals surface area contributed by atoms with Crippen molar-refractivity contribution in [1.82, 2.24) is 0 Å². The molecule has 0 unspecified atom stereocenters. The van der Waals surface area contributed by atoms with Gasteiger partial charge in [-0.05, 0) is 70.8 Å². The van der Waals surface area contributed by atoms with Crippen LogP contribution < -0.4 is 75.1 Å². The molecule has 0 bridgehead atoms. The zero-order valence-corrected chi connectivity index (χ0v) is 57.0. The van der Waals surface area contributed by atoms with Gasteiger partial charge in [0, 0.05) is 63.2 Å². The number of aliphatic carboxylic acids is 1. The summed E-state index contributed by atoms with van der Waals surface area (Å²) in [4.78, 5) is 142. The fourth-order valence-corrected chi connectivity index (χ4v) is 10.5. The number of carboxylic acid groups (broad SMARTS) is 1. The van der Waals surface area contributed by atoms with Gasteiger partial charge in [-0.2, -0.15) is 0 Å². The molecule has 8 atom stereocenters. The number of rotatable bonds is 19. The maximum absolute atomic E-state index is 13.6. The topological polar surface area (TPSA) is 545 Å². The maximum Gasteiger partial charge on any atom is 1.00 e. The minimum absolute atomic E-state index is 0. The first kappa shape index (κ1) is 81.2. The number of benzene rings is 3. The van der Waals surface area contributed by atoms with Gasteiger partial charge in [-0.25, -0.2) is 53.3 Å². The van der Waals surface area contributed by atoms with Crippen LogP contribution in [0.4, 0.5) is 24.0 Å². The molecule has 9 N–H and O–H groups in total. The number of aliphatic hydroxyl groups is 7. The molecule has 3 saturated carbocycles. The third kappa shape index (κ3) is 21.0. The normalized spacial score (nSPS) is 27.2. The van der Waals surface area contributed by atoms with E-state index in [4.69, 9.17) is 61.8 Å². The minimum Gasteiger partial charge on any atom is -0.606 e. The zero-order valence-electron chi connectivity index (χ0n) is 53.9. The van der Waals surface area contributed by atoms with Crippen molar-refractivity contribution in [1.29, 1.82) is 0 Å². The average Bonchev–Trinajstić information content (AvgIpc) is 1.56. The van der Waals surface area contributed by atoms with E-state index in [0.29, 0.717) is 5.56 Å². The number of methoxy groups -OCH3 is 5. The summed E-state index contributed by atoms with van der Waals surface area (Å²) in [6, 6.07) is 11.5. The molecule has 39 nitrogen and oxygen atoms in total. The first-order chi connectivity index (χ1) is 47.3. The van der Waals surface area contributed by atoms with Crippen LogP contribution in [0.5, 0.6) is 28.7 Å². The molecule has 3 spiro atoms. The van der Waals surface area contributed by atoms with Crippen molar-refractivity contribution < 1.29 is 240 Å². The van der Waals surface area contributed by atoms with E-state index in [0.717, 1.165) is 78.1 Å². The van der Waals surface area contributed by atoms with Crippen LogP contribution in [0.3, 0.4) is 0 Å².